The molecule has 0 radical (unpaired) electrons. The summed E-state index contributed by atoms with van der Waals surface area (Å²) in [6, 6.07) is 84.9. The highest BCUT2D eigenvalue weighted by Gasteiger charge is 2.16. The first-order chi connectivity index (χ1) is 33.2. The molecule has 0 bridgehead atoms. The molecule has 2 aromatic heterocycles. The Bertz CT molecular complexity index is 3990. The van der Waals surface area contributed by atoms with Gasteiger partial charge in [-0.25, -0.2) is 15.0 Å². The highest BCUT2D eigenvalue weighted by Crippen LogP contribution is 2.41. The molecule has 0 atom stereocenters. The Morgan fingerprint density at radius 1 is 0.194 bits per heavy atom. The first-order valence-electron chi connectivity index (χ1n) is 22.7. The normalized spacial score (nSPS) is 11.6. The minimum atomic E-state index is 0.648. The molecule has 0 unspecified atom stereocenters. The minimum Gasteiger partial charge on any atom is -0.208 e. The molecule has 13 rings (SSSR count). The van der Waals surface area contributed by atoms with E-state index in [1.54, 1.807) is 0 Å². The number of benzene rings is 11. The summed E-state index contributed by atoms with van der Waals surface area (Å²) >= 11 is 1.81. The molecule has 0 spiro atoms. The van der Waals surface area contributed by atoms with Crippen LogP contribution in [0.4, 0.5) is 0 Å². The predicted octanol–water partition coefficient (Wildman–Crippen LogP) is 17.4. The molecule has 0 saturated carbocycles. The molecule has 0 aliphatic rings. The lowest BCUT2D eigenvalue weighted by Gasteiger charge is -2.13. The number of hydrogen-bond donors (Lipinski definition) is 0. The largest absolute Gasteiger partial charge is 0.208 e. The number of thiophene rings is 1. The van der Waals surface area contributed by atoms with E-state index in [2.05, 4.69) is 212 Å². The summed E-state index contributed by atoms with van der Waals surface area (Å²) in [4.78, 5) is 15.1. The minimum absolute atomic E-state index is 0.648. The van der Waals surface area contributed by atoms with Gasteiger partial charge in [-0.15, -0.1) is 11.3 Å². The third-order valence-electron chi connectivity index (χ3n) is 13.1. The molecular weight excluding hydrogens is 831 g/mol. The third kappa shape index (κ3) is 7.03. The van der Waals surface area contributed by atoms with E-state index in [1.165, 1.54) is 91.4 Å². The molecule has 4 heteroatoms. The van der Waals surface area contributed by atoms with Crippen molar-refractivity contribution in [1.82, 2.24) is 15.0 Å². The summed E-state index contributed by atoms with van der Waals surface area (Å²) < 4.78 is 2.44. The van der Waals surface area contributed by atoms with Crippen molar-refractivity contribution < 1.29 is 0 Å². The molecule has 0 N–H and O–H groups in total. The fraction of sp³-hybridized carbons (Fsp3) is 0. The molecule has 0 aliphatic carbocycles. The standard InChI is InChI=1S/C63H39N3S/c1-3-13-40(14-4-1)41-25-27-43(28-26-41)62-64-61(42-15-5-2-6-16-42)65-63(66-62)50-31-34-57-56-33-30-49(38-59(56)67-60(57)39-50)47-20-12-18-45(36-47)44-17-11-19-46(35-44)48-29-32-55-53-23-8-7-21-51(53)52-22-9-10-24-54(52)58(55)37-48/h1-39H. The van der Waals surface area contributed by atoms with E-state index >= 15 is 0 Å². The van der Waals surface area contributed by atoms with Gasteiger partial charge in [0.2, 0.25) is 0 Å². The van der Waals surface area contributed by atoms with Crippen LogP contribution < -0.4 is 0 Å². The summed E-state index contributed by atoms with van der Waals surface area (Å²) in [5, 5.41) is 10.2. The quantitative estimate of drug-likeness (QED) is 0.150. The Morgan fingerprint density at radius 2 is 0.507 bits per heavy atom. The Balaban J connectivity index is 0.829. The zero-order chi connectivity index (χ0) is 44.3. The first kappa shape index (κ1) is 38.9. The number of fused-ring (bicyclic) bond motifs is 9. The highest BCUT2D eigenvalue weighted by atomic mass is 32.1. The van der Waals surface area contributed by atoms with Gasteiger partial charge in [0.05, 0.1) is 0 Å². The van der Waals surface area contributed by atoms with Crippen molar-refractivity contribution in [3.63, 3.8) is 0 Å². The Labute approximate surface area is 392 Å². The molecule has 13 aromatic rings. The van der Waals surface area contributed by atoms with Crippen molar-refractivity contribution in [2.45, 2.75) is 0 Å². The smallest absolute Gasteiger partial charge is 0.164 e. The number of rotatable bonds is 7. The molecule has 3 nitrogen and oxygen atoms in total. The summed E-state index contributed by atoms with van der Waals surface area (Å²) in [6.45, 7) is 0. The fourth-order valence-corrected chi connectivity index (χ4v) is 10.9. The molecule has 312 valence electrons. The van der Waals surface area contributed by atoms with Crippen LogP contribution in [0.3, 0.4) is 0 Å². The average molecular weight is 870 g/mol. The van der Waals surface area contributed by atoms with E-state index in [1.807, 2.05) is 35.6 Å². The summed E-state index contributed by atoms with van der Waals surface area (Å²) in [7, 11) is 0. The van der Waals surface area contributed by atoms with Crippen LogP contribution in [-0.2, 0) is 0 Å². The summed E-state index contributed by atoms with van der Waals surface area (Å²) in [6.07, 6.45) is 0. The van der Waals surface area contributed by atoms with Crippen molar-refractivity contribution in [2.24, 2.45) is 0 Å². The van der Waals surface area contributed by atoms with Gasteiger partial charge >= 0.3 is 0 Å². The van der Waals surface area contributed by atoms with E-state index in [9.17, 15) is 0 Å². The fourth-order valence-electron chi connectivity index (χ4n) is 9.73. The molecule has 0 saturated heterocycles. The zero-order valence-electron chi connectivity index (χ0n) is 36.3. The maximum absolute atomic E-state index is 5.09. The van der Waals surface area contributed by atoms with Gasteiger partial charge in [0.1, 0.15) is 0 Å². The van der Waals surface area contributed by atoms with Crippen molar-refractivity contribution >= 4 is 63.8 Å². The van der Waals surface area contributed by atoms with E-state index < -0.39 is 0 Å². The third-order valence-corrected chi connectivity index (χ3v) is 14.2. The molecular formula is C63H39N3S. The van der Waals surface area contributed by atoms with Crippen molar-refractivity contribution in [3.8, 4) is 78.7 Å². The molecule has 0 amide bonds. The average Bonchev–Trinajstić information content (AvgIpc) is 3.79. The second kappa shape index (κ2) is 16.1. The Hall–Kier alpha value is -8.57. The molecule has 0 fully saturated rings. The van der Waals surface area contributed by atoms with Crippen molar-refractivity contribution in [1.29, 1.82) is 0 Å². The van der Waals surface area contributed by atoms with Crippen LogP contribution in [0.2, 0.25) is 0 Å². The Morgan fingerprint density at radius 3 is 1.04 bits per heavy atom. The highest BCUT2D eigenvalue weighted by molar-refractivity contribution is 7.25. The van der Waals surface area contributed by atoms with Crippen LogP contribution in [0.5, 0.6) is 0 Å². The van der Waals surface area contributed by atoms with Gasteiger partial charge < -0.3 is 0 Å². The number of nitrogens with zero attached hydrogens (tertiary/aromatic N) is 3. The second-order valence-corrected chi connectivity index (χ2v) is 18.2. The van der Waals surface area contributed by atoms with E-state index in [4.69, 9.17) is 15.0 Å². The molecule has 67 heavy (non-hydrogen) atoms. The first-order valence-corrected chi connectivity index (χ1v) is 23.5. The van der Waals surface area contributed by atoms with Crippen LogP contribution in [-0.4, -0.2) is 15.0 Å². The lowest BCUT2D eigenvalue weighted by atomic mass is 9.91. The van der Waals surface area contributed by atoms with Gasteiger partial charge in [-0.1, -0.05) is 206 Å². The SMILES string of the molecule is c1ccc(-c2ccc(-c3nc(-c4ccccc4)nc(-c4ccc5c(c4)sc4cc(-c6cccc(-c7cccc(-c8ccc9c%10ccccc%10c%10ccccc%10c9c8)c7)c6)ccc45)n3)cc2)cc1. The van der Waals surface area contributed by atoms with Gasteiger partial charge in [0, 0.05) is 36.9 Å². The summed E-state index contributed by atoms with van der Waals surface area (Å²) in [5.74, 6) is 1.95. The van der Waals surface area contributed by atoms with E-state index in [0.29, 0.717) is 17.5 Å². The van der Waals surface area contributed by atoms with Gasteiger partial charge in [-0.2, -0.15) is 0 Å². The van der Waals surface area contributed by atoms with Crippen LogP contribution in [0.1, 0.15) is 0 Å². The van der Waals surface area contributed by atoms with Crippen molar-refractivity contribution in [2.75, 3.05) is 0 Å². The van der Waals surface area contributed by atoms with Gasteiger partial charge in [-0.3, -0.25) is 0 Å². The monoisotopic (exact) mass is 869 g/mol. The topological polar surface area (TPSA) is 38.7 Å². The van der Waals surface area contributed by atoms with E-state index in [0.717, 1.165) is 22.3 Å². The van der Waals surface area contributed by atoms with Crippen LogP contribution in [0.25, 0.3) is 131 Å². The van der Waals surface area contributed by atoms with Gasteiger partial charge in [0.25, 0.3) is 0 Å². The van der Waals surface area contributed by atoms with Crippen LogP contribution in [0, 0.1) is 0 Å². The lowest BCUT2D eigenvalue weighted by Crippen LogP contribution is -2.00. The molecule has 11 aromatic carbocycles. The molecule has 0 aliphatic heterocycles. The number of hydrogen-bond acceptors (Lipinski definition) is 4. The maximum atomic E-state index is 5.09. The number of aromatic nitrogens is 3. The maximum Gasteiger partial charge on any atom is 0.164 e. The van der Waals surface area contributed by atoms with Crippen LogP contribution in [0.15, 0.2) is 237 Å². The second-order valence-electron chi connectivity index (χ2n) is 17.2. The van der Waals surface area contributed by atoms with E-state index in [-0.39, 0.29) is 0 Å². The zero-order valence-corrected chi connectivity index (χ0v) is 37.1. The van der Waals surface area contributed by atoms with Crippen LogP contribution >= 0.6 is 11.3 Å². The molecule has 2 heterocycles. The van der Waals surface area contributed by atoms with Gasteiger partial charge in [-0.05, 0) is 107 Å². The van der Waals surface area contributed by atoms with Gasteiger partial charge in [0.15, 0.2) is 17.5 Å². The Kier molecular flexibility index (Phi) is 9.36. The summed E-state index contributed by atoms with van der Waals surface area (Å²) in [5.41, 5.74) is 12.4. The van der Waals surface area contributed by atoms with Crippen molar-refractivity contribution in [3.05, 3.63) is 237 Å². The lowest BCUT2D eigenvalue weighted by molar-refractivity contribution is 1.07. The predicted molar refractivity (Wildman–Crippen MR) is 283 cm³/mol.